The van der Waals surface area contributed by atoms with Gasteiger partial charge in [0.15, 0.2) is 0 Å². The molecule has 88 valence electrons. The Morgan fingerprint density at radius 2 is 1.81 bits per heavy atom. The number of ether oxygens (including phenoxy) is 1. The smallest absolute Gasteiger partial charge is 0.460 e. The van der Waals surface area contributed by atoms with E-state index < -0.39 is 13.8 Å². The number of phosphoric ester groups is 1. The van der Waals surface area contributed by atoms with E-state index in [4.69, 9.17) is 14.5 Å². The second-order valence-corrected chi connectivity index (χ2v) is 4.07. The second-order valence-electron chi connectivity index (χ2n) is 2.83. The van der Waals surface area contributed by atoms with E-state index in [0.717, 1.165) is 0 Å². The second kappa shape index (κ2) is 5.77. The molecule has 0 amide bonds. The summed E-state index contributed by atoms with van der Waals surface area (Å²) >= 11 is 0. The standard InChI is InChI=1S/C9H11O6P/c10-9(8-4-2-1-3-5-8)14-6-7-15-16(11,12)13/h1-5H,6-7H2,(H2,11,12,13). The van der Waals surface area contributed by atoms with Gasteiger partial charge in [-0.3, -0.25) is 4.52 Å². The Hall–Kier alpha value is -1.20. The van der Waals surface area contributed by atoms with Crippen LogP contribution < -0.4 is 0 Å². The summed E-state index contributed by atoms with van der Waals surface area (Å²) in [6.07, 6.45) is 0. The fourth-order valence-electron chi connectivity index (χ4n) is 0.948. The fourth-order valence-corrected chi connectivity index (χ4v) is 1.26. The molecule has 2 N–H and O–H groups in total. The summed E-state index contributed by atoms with van der Waals surface area (Å²) in [5, 5.41) is 0. The molecule has 0 aliphatic heterocycles. The first-order valence-electron chi connectivity index (χ1n) is 4.41. The van der Waals surface area contributed by atoms with Crippen LogP contribution in [0.25, 0.3) is 0 Å². The molecule has 0 bridgehead atoms. The van der Waals surface area contributed by atoms with Gasteiger partial charge in [0.05, 0.1) is 12.2 Å². The largest absolute Gasteiger partial charge is 0.469 e. The van der Waals surface area contributed by atoms with Crippen molar-refractivity contribution in [3.63, 3.8) is 0 Å². The van der Waals surface area contributed by atoms with Crippen molar-refractivity contribution in [3.8, 4) is 0 Å². The van der Waals surface area contributed by atoms with Crippen LogP contribution in [0.3, 0.4) is 0 Å². The van der Waals surface area contributed by atoms with Gasteiger partial charge in [-0.2, -0.15) is 0 Å². The normalized spacial score (nSPS) is 11.1. The Morgan fingerprint density at radius 3 is 2.38 bits per heavy atom. The van der Waals surface area contributed by atoms with Crippen LogP contribution in [0.4, 0.5) is 0 Å². The first-order chi connectivity index (χ1) is 7.49. The lowest BCUT2D eigenvalue weighted by atomic mass is 10.2. The van der Waals surface area contributed by atoms with Gasteiger partial charge in [-0.1, -0.05) is 18.2 Å². The van der Waals surface area contributed by atoms with Crippen LogP contribution in [0.1, 0.15) is 10.4 Å². The van der Waals surface area contributed by atoms with Crippen molar-refractivity contribution in [1.29, 1.82) is 0 Å². The van der Waals surface area contributed by atoms with Crippen molar-refractivity contribution in [1.82, 2.24) is 0 Å². The van der Waals surface area contributed by atoms with Crippen molar-refractivity contribution >= 4 is 13.8 Å². The molecule has 0 aromatic heterocycles. The quantitative estimate of drug-likeness (QED) is 0.456. The monoisotopic (exact) mass is 246 g/mol. The molecule has 7 heteroatoms. The number of hydrogen-bond acceptors (Lipinski definition) is 4. The van der Waals surface area contributed by atoms with Gasteiger partial charge in [0, 0.05) is 0 Å². The van der Waals surface area contributed by atoms with E-state index in [0.29, 0.717) is 5.56 Å². The van der Waals surface area contributed by atoms with Crippen LogP contribution in [0.15, 0.2) is 30.3 Å². The van der Waals surface area contributed by atoms with Gasteiger partial charge in [0.1, 0.15) is 6.61 Å². The highest BCUT2D eigenvalue weighted by Crippen LogP contribution is 2.35. The van der Waals surface area contributed by atoms with Crippen molar-refractivity contribution in [2.45, 2.75) is 0 Å². The average Bonchev–Trinajstić information content (AvgIpc) is 2.24. The summed E-state index contributed by atoms with van der Waals surface area (Å²) < 4.78 is 19.1. The van der Waals surface area contributed by atoms with Crippen LogP contribution in [-0.2, 0) is 13.8 Å². The van der Waals surface area contributed by atoms with E-state index in [-0.39, 0.29) is 13.2 Å². The lowest BCUT2D eigenvalue weighted by Crippen LogP contribution is -2.10. The predicted molar refractivity (Wildman–Crippen MR) is 54.7 cm³/mol. The highest BCUT2D eigenvalue weighted by Gasteiger charge is 2.13. The summed E-state index contributed by atoms with van der Waals surface area (Å²) in [7, 11) is -4.49. The first kappa shape index (κ1) is 12.9. The molecular formula is C9H11O6P. The third-order valence-corrected chi connectivity index (χ3v) is 2.10. The lowest BCUT2D eigenvalue weighted by Gasteiger charge is -2.06. The first-order valence-corrected chi connectivity index (χ1v) is 5.94. The molecule has 0 heterocycles. The molecule has 1 rings (SSSR count). The third kappa shape index (κ3) is 5.04. The minimum absolute atomic E-state index is 0.209. The van der Waals surface area contributed by atoms with E-state index in [1.807, 2.05) is 0 Å². The number of hydrogen-bond donors (Lipinski definition) is 2. The minimum Gasteiger partial charge on any atom is -0.460 e. The molecule has 0 unspecified atom stereocenters. The summed E-state index contributed by atoms with van der Waals surface area (Å²) in [6, 6.07) is 8.28. The van der Waals surface area contributed by atoms with Crippen LogP contribution in [0, 0.1) is 0 Å². The maximum Gasteiger partial charge on any atom is 0.469 e. The van der Waals surface area contributed by atoms with E-state index in [1.165, 1.54) is 0 Å². The maximum absolute atomic E-state index is 11.3. The van der Waals surface area contributed by atoms with E-state index in [2.05, 4.69) is 4.52 Å². The van der Waals surface area contributed by atoms with Gasteiger partial charge in [-0.05, 0) is 12.1 Å². The number of rotatable bonds is 5. The molecule has 0 saturated heterocycles. The number of benzene rings is 1. The van der Waals surface area contributed by atoms with E-state index in [1.54, 1.807) is 30.3 Å². The SMILES string of the molecule is O=C(OCCOP(=O)(O)O)c1ccccc1. The number of esters is 1. The Labute approximate surface area is 92.1 Å². The Kier molecular flexibility index (Phi) is 4.64. The third-order valence-electron chi connectivity index (χ3n) is 1.59. The van der Waals surface area contributed by atoms with Crippen LogP contribution >= 0.6 is 7.82 Å². The Balaban J connectivity index is 2.29. The molecule has 1 aromatic carbocycles. The lowest BCUT2D eigenvalue weighted by molar-refractivity contribution is 0.0425. The topological polar surface area (TPSA) is 93.1 Å². The molecule has 0 aliphatic rings. The zero-order valence-electron chi connectivity index (χ0n) is 8.28. The van der Waals surface area contributed by atoms with Crippen molar-refractivity contribution < 1.29 is 28.4 Å². The van der Waals surface area contributed by atoms with Gasteiger partial charge in [0.2, 0.25) is 0 Å². The predicted octanol–water partition coefficient (Wildman–Crippen LogP) is 0.953. The number of phosphoric acid groups is 1. The molecule has 6 nitrogen and oxygen atoms in total. The van der Waals surface area contributed by atoms with E-state index in [9.17, 15) is 9.36 Å². The van der Waals surface area contributed by atoms with Crippen LogP contribution in [0.2, 0.25) is 0 Å². The maximum atomic E-state index is 11.3. The van der Waals surface area contributed by atoms with Gasteiger partial charge in [-0.25, -0.2) is 9.36 Å². The number of carbonyl (C=O) groups is 1. The fraction of sp³-hybridized carbons (Fsp3) is 0.222. The zero-order valence-corrected chi connectivity index (χ0v) is 9.17. The molecular weight excluding hydrogens is 235 g/mol. The van der Waals surface area contributed by atoms with Gasteiger partial charge in [0.25, 0.3) is 0 Å². The number of carbonyl (C=O) groups excluding carboxylic acids is 1. The Bertz CT molecular complexity index is 384. The molecule has 1 aromatic rings. The van der Waals surface area contributed by atoms with Crippen LogP contribution in [-0.4, -0.2) is 29.0 Å². The van der Waals surface area contributed by atoms with Gasteiger partial charge < -0.3 is 14.5 Å². The van der Waals surface area contributed by atoms with Crippen molar-refractivity contribution in [2.75, 3.05) is 13.2 Å². The molecule has 0 spiro atoms. The highest BCUT2D eigenvalue weighted by molar-refractivity contribution is 7.46. The van der Waals surface area contributed by atoms with Crippen LogP contribution in [0.5, 0.6) is 0 Å². The zero-order chi connectivity index (χ0) is 12.0. The average molecular weight is 246 g/mol. The Morgan fingerprint density at radius 1 is 1.19 bits per heavy atom. The van der Waals surface area contributed by atoms with E-state index >= 15 is 0 Å². The summed E-state index contributed by atoms with van der Waals surface area (Å²) in [5.41, 5.74) is 0.374. The van der Waals surface area contributed by atoms with Gasteiger partial charge >= 0.3 is 13.8 Å². The molecule has 0 radical (unpaired) electrons. The molecule has 0 fully saturated rings. The molecule has 16 heavy (non-hydrogen) atoms. The van der Waals surface area contributed by atoms with Gasteiger partial charge in [-0.15, -0.1) is 0 Å². The van der Waals surface area contributed by atoms with Crippen molar-refractivity contribution in [3.05, 3.63) is 35.9 Å². The highest BCUT2D eigenvalue weighted by atomic mass is 31.2. The molecule has 0 saturated carbocycles. The minimum atomic E-state index is -4.49. The molecule has 0 aliphatic carbocycles. The summed E-state index contributed by atoms with van der Waals surface area (Å²) in [6.45, 7) is -0.554. The summed E-state index contributed by atoms with van der Waals surface area (Å²) in [4.78, 5) is 28.0. The summed E-state index contributed by atoms with van der Waals surface area (Å²) in [5.74, 6) is -0.560. The molecule has 0 atom stereocenters. The van der Waals surface area contributed by atoms with Crippen molar-refractivity contribution in [2.24, 2.45) is 0 Å².